The van der Waals surface area contributed by atoms with Crippen molar-refractivity contribution in [1.29, 1.82) is 0 Å². The first-order valence-electron chi connectivity index (χ1n) is 11.8. The Morgan fingerprint density at radius 2 is 1.66 bits per heavy atom. The highest BCUT2D eigenvalue weighted by molar-refractivity contribution is 6.01. The number of anilines is 1. The van der Waals surface area contributed by atoms with Gasteiger partial charge in [0.15, 0.2) is 0 Å². The zero-order valence-corrected chi connectivity index (χ0v) is 20.7. The van der Waals surface area contributed by atoms with E-state index in [1.165, 1.54) is 12.0 Å². The highest BCUT2D eigenvalue weighted by Gasteiger charge is 2.70. The fraction of sp³-hybridized carbons (Fsp3) is 0.444. The highest BCUT2D eigenvalue weighted by Crippen LogP contribution is 2.55. The van der Waals surface area contributed by atoms with E-state index >= 15 is 0 Å². The van der Waals surface area contributed by atoms with E-state index in [0.29, 0.717) is 11.3 Å². The van der Waals surface area contributed by atoms with Crippen LogP contribution < -0.4 is 10.2 Å². The predicted molar refractivity (Wildman–Crippen MR) is 130 cm³/mol. The van der Waals surface area contributed by atoms with E-state index < -0.39 is 35.2 Å². The summed E-state index contributed by atoms with van der Waals surface area (Å²) in [6, 6.07) is 16.6. The van der Waals surface area contributed by atoms with Gasteiger partial charge in [0.2, 0.25) is 0 Å². The Hall–Kier alpha value is -3.39. The number of benzene rings is 2. The number of esters is 2. The molecule has 1 fully saturated rings. The summed E-state index contributed by atoms with van der Waals surface area (Å²) >= 11 is 0. The second-order valence-electron chi connectivity index (χ2n) is 9.69. The number of carbonyl (C=O) groups is 3. The summed E-state index contributed by atoms with van der Waals surface area (Å²) in [7, 11) is 1.32. The number of para-hydroxylation sites is 1. The molecule has 35 heavy (non-hydrogen) atoms. The van der Waals surface area contributed by atoms with Crippen LogP contribution >= 0.6 is 0 Å². The maximum absolute atomic E-state index is 13.8. The van der Waals surface area contributed by atoms with Crippen molar-refractivity contribution < 1.29 is 28.6 Å². The fourth-order valence-corrected chi connectivity index (χ4v) is 5.21. The second-order valence-corrected chi connectivity index (χ2v) is 9.69. The summed E-state index contributed by atoms with van der Waals surface area (Å²) in [6.45, 7) is 7.39. The third-order valence-electron chi connectivity index (χ3n) is 6.97. The molecule has 186 valence electrons. The van der Waals surface area contributed by atoms with Crippen molar-refractivity contribution in [3.8, 4) is 0 Å². The van der Waals surface area contributed by atoms with Gasteiger partial charge in [-0.25, -0.2) is 4.79 Å². The van der Waals surface area contributed by atoms with Gasteiger partial charge in [-0.15, -0.1) is 0 Å². The number of rotatable bonds is 6. The Morgan fingerprint density at radius 3 is 2.29 bits per heavy atom. The lowest BCUT2D eigenvalue weighted by Crippen LogP contribution is -2.59. The van der Waals surface area contributed by atoms with Crippen LogP contribution in [0.4, 0.5) is 10.5 Å². The Balaban J connectivity index is 1.81. The fourth-order valence-electron chi connectivity index (χ4n) is 5.21. The molecule has 1 amide bonds. The summed E-state index contributed by atoms with van der Waals surface area (Å²) in [5, 5.41) is 3.34. The molecule has 0 aromatic heterocycles. The molecule has 8 nitrogen and oxygen atoms in total. The minimum Gasteiger partial charge on any atom is -0.468 e. The first kappa shape index (κ1) is 24.7. The van der Waals surface area contributed by atoms with E-state index in [4.69, 9.17) is 14.2 Å². The topological polar surface area (TPSA) is 94.2 Å². The van der Waals surface area contributed by atoms with Crippen molar-refractivity contribution in [3.63, 3.8) is 0 Å². The Kier molecular flexibility index (Phi) is 6.60. The number of amides is 1. The molecule has 0 spiro atoms. The molecule has 2 aliphatic heterocycles. The monoisotopic (exact) mass is 480 g/mol. The molecule has 2 aromatic carbocycles. The first-order chi connectivity index (χ1) is 16.7. The third kappa shape index (κ3) is 3.95. The van der Waals surface area contributed by atoms with Gasteiger partial charge in [-0.05, 0) is 37.0 Å². The summed E-state index contributed by atoms with van der Waals surface area (Å²) in [5.41, 5.74) is -0.520. The van der Waals surface area contributed by atoms with Gasteiger partial charge in [-0.2, -0.15) is 0 Å². The smallest absolute Gasteiger partial charge is 0.416 e. The van der Waals surface area contributed by atoms with E-state index in [9.17, 15) is 14.4 Å². The standard InChI is InChI=1S/C27H32N2O6/c1-17(2)27(24(31)33-5)16-26(23(30)35-18(3)4)20-13-9-10-14-21(20)29(22(26)28-27)25(32)34-15-19-11-7-6-8-12-19/h6-14,17-18,22,28H,15-16H2,1-5H3/t22-,26-,27+/m1/s1. The highest BCUT2D eigenvalue weighted by atomic mass is 16.6. The average Bonchev–Trinajstić information content (AvgIpc) is 3.33. The lowest BCUT2D eigenvalue weighted by atomic mass is 9.72. The van der Waals surface area contributed by atoms with Gasteiger partial charge < -0.3 is 14.2 Å². The largest absolute Gasteiger partial charge is 0.468 e. The molecule has 1 N–H and O–H groups in total. The summed E-state index contributed by atoms with van der Waals surface area (Å²) in [6.07, 6.45) is -1.81. The molecule has 0 bridgehead atoms. The van der Waals surface area contributed by atoms with Crippen LogP contribution in [0.1, 0.15) is 45.2 Å². The number of ether oxygens (including phenoxy) is 3. The van der Waals surface area contributed by atoms with Crippen molar-refractivity contribution in [2.45, 2.75) is 63.9 Å². The number of nitrogens with zero attached hydrogens (tertiary/aromatic N) is 1. The molecule has 8 heteroatoms. The molecule has 2 aliphatic rings. The molecule has 0 unspecified atom stereocenters. The van der Waals surface area contributed by atoms with Gasteiger partial charge in [-0.3, -0.25) is 19.8 Å². The van der Waals surface area contributed by atoms with Crippen LogP contribution in [-0.2, 0) is 35.8 Å². The minimum atomic E-state index is -1.31. The Morgan fingerprint density at radius 1 is 1.00 bits per heavy atom. The Bertz CT molecular complexity index is 1120. The number of fused-ring (bicyclic) bond motifs is 3. The molecule has 0 radical (unpaired) electrons. The van der Waals surface area contributed by atoms with Crippen molar-refractivity contribution in [2.24, 2.45) is 5.92 Å². The molecular weight excluding hydrogens is 448 g/mol. The molecule has 2 heterocycles. The molecule has 2 aromatic rings. The van der Waals surface area contributed by atoms with Gasteiger partial charge in [0.25, 0.3) is 0 Å². The van der Waals surface area contributed by atoms with Gasteiger partial charge in [-0.1, -0.05) is 62.4 Å². The van der Waals surface area contributed by atoms with Crippen molar-refractivity contribution in [3.05, 3.63) is 65.7 Å². The maximum Gasteiger partial charge on any atom is 0.416 e. The molecule has 0 aliphatic carbocycles. The summed E-state index contributed by atoms with van der Waals surface area (Å²) < 4.78 is 16.6. The SMILES string of the molecule is COC(=O)[C@@]1(C(C)C)C[C@@]2(C(=O)OC(C)C)c3ccccc3N(C(=O)OCc3ccccc3)[C@H]2N1. The van der Waals surface area contributed by atoms with E-state index in [2.05, 4.69) is 5.32 Å². The van der Waals surface area contributed by atoms with Gasteiger partial charge in [0.1, 0.15) is 23.7 Å². The normalized spacial score (nSPS) is 24.8. The van der Waals surface area contributed by atoms with Crippen LogP contribution in [0, 0.1) is 5.92 Å². The van der Waals surface area contributed by atoms with Crippen molar-refractivity contribution >= 4 is 23.7 Å². The van der Waals surface area contributed by atoms with Crippen LogP contribution in [0.3, 0.4) is 0 Å². The number of hydrogen-bond acceptors (Lipinski definition) is 7. The summed E-state index contributed by atoms with van der Waals surface area (Å²) in [4.78, 5) is 41.9. The van der Waals surface area contributed by atoms with Crippen LogP contribution in [0.5, 0.6) is 0 Å². The van der Waals surface area contributed by atoms with E-state index in [0.717, 1.165) is 5.56 Å². The molecule has 1 saturated heterocycles. The molecular formula is C27H32N2O6. The van der Waals surface area contributed by atoms with E-state index in [-0.39, 0.29) is 25.0 Å². The number of nitrogens with one attached hydrogen (secondary N) is 1. The zero-order valence-electron chi connectivity index (χ0n) is 20.7. The van der Waals surface area contributed by atoms with Gasteiger partial charge in [0, 0.05) is 6.42 Å². The number of methoxy groups -OCH3 is 1. The van der Waals surface area contributed by atoms with E-state index in [1.807, 2.05) is 56.3 Å². The summed E-state index contributed by atoms with van der Waals surface area (Å²) in [5.74, 6) is -1.23. The lowest BCUT2D eigenvalue weighted by Gasteiger charge is -2.33. The number of carbonyl (C=O) groups excluding carboxylic acids is 3. The Labute approximate surface area is 205 Å². The lowest BCUT2D eigenvalue weighted by molar-refractivity contribution is -0.155. The third-order valence-corrected chi connectivity index (χ3v) is 6.97. The van der Waals surface area contributed by atoms with Crippen LogP contribution in [0.2, 0.25) is 0 Å². The van der Waals surface area contributed by atoms with Crippen LogP contribution in [0.25, 0.3) is 0 Å². The molecule has 4 rings (SSSR count). The van der Waals surface area contributed by atoms with Crippen molar-refractivity contribution in [1.82, 2.24) is 5.32 Å². The quantitative estimate of drug-likeness (QED) is 0.495. The van der Waals surface area contributed by atoms with Gasteiger partial charge in [0.05, 0.1) is 18.9 Å². The van der Waals surface area contributed by atoms with Crippen LogP contribution in [-0.4, -0.2) is 43.0 Å². The average molecular weight is 481 g/mol. The van der Waals surface area contributed by atoms with Crippen LogP contribution in [0.15, 0.2) is 54.6 Å². The number of hydrogen-bond donors (Lipinski definition) is 1. The van der Waals surface area contributed by atoms with Gasteiger partial charge >= 0.3 is 18.0 Å². The van der Waals surface area contributed by atoms with E-state index in [1.54, 1.807) is 26.0 Å². The predicted octanol–water partition coefficient (Wildman–Crippen LogP) is 3.92. The zero-order chi connectivity index (χ0) is 25.4. The minimum absolute atomic E-state index is 0.0703. The second kappa shape index (κ2) is 9.34. The first-order valence-corrected chi connectivity index (χ1v) is 11.8. The van der Waals surface area contributed by atoms with Crippen molar-refractivity contribution in [2.75, 3.05) is 12.0 Å². The maximum atomic E-state index is 13.8. The molecule has 0 saturated carbocycles. The molecule has 3 atom stereocenters.